The standard InChI is InChI=1S/C15H10ClF2N3O.C5H6N6/c1-2-12-20-14-11(18)4-3-10(16)13(14)15(22)21(12)9-5-8(17)6-19-7-9;6-1-2-3(7)10-5(9)11-4(2)8/h3-7H,2H2,1H3;(H6,7,8,9,10,11). The van der Waals surface area contributed by atoms with E-state index in [9.17, 15) is 13.6 Å². The quantitative estimate of drug-likeness (QED) is 0.396. The van der Waals surface area contributed by atoms with Gasteiger partial charge in [-0.2, -0.15) is 15.2 Å². The van der Waals surface area contributed by atoms with Crippen LogP contribution < -0.4 is 22.8 Å². The largest absolute Gasteiger partial charge is 0.382 e. The van der Waals surface area contributed by atoms with Crippen LogP contribution in [-0.2, 0) is 6.42 Å². The van der Waals surface area contributed by atoms with E-state index in [2.05, 4.69) is 19.9 Å². The van der Waals surface area contributed by atoms with Gasteiger partial charge in [-0.1, -0.05) is 18.5 Å². The summed E-state index contributed by atoms with van der Waals surface area (Å²) in [6, 6.07) is 5.37. The molecule has 4 rings (SSSR count). The molecule has 0 aliphatic rings. The van der Waals surface area contributed by atoms with Crippen molar-refractivity contribution in [1.82, 2.24) is 24.5 Å². The predicted molar refractivity (Wildman–Crippen MR) is 119 cm³/mol. The van der Waals surface area contributed by atoms with Crippen molar-refractivity contribution in [2.75, 3.05) is 17.2 Å². The molecule has 0 aliphatic carbocycles. The number of nitrogen functional groups attached to an aromatic ring is 3. The molecule has 0 amide bonds. The predicted octanol–water partition coefficient (Wildman–Crippen LogP) is 2.37. The summed E-state index contributed by atoms with van der Waals surface area (Å²) in [5.74, 6) is -0.923. The smallest absolute Gasteiger partial charge is 0.267 e. The highest BCUT2D eigenvalue weighted by molar-refractivity contribution is 6.35. The number of aromatic nitrogens is 5. The second-order valence-corrected chi connectivity index (χ2v) is 6.88. The molecule has 1 aromatic carbocycles. The summed E-state index contributed by atoms with van der Waals surface area (Å²) < 4.78 is 28.5. The van der Waals surface area contributed by atoms with Gasteiger partial charge in [0.15, 0.2) is 0 Å². The van der Waals surface area contributed by atoms with Crippen molar-refractivity contribution in [2.45, 2.75) is 13.3 Å². The summed E-state index contributed by atoms with van der Waals surface area (Å²) >= 11 is 6.01. The van der Waals surface area contributed by atoms with E-state index < -0.39 is 17.2 Å². The Morgan fingerprint density at radius 2 is 1.79 bits per heavy atom. The van der Waals surface area contributed by atoms with E-state index in [0.29, 0.717) is 12.2 Å². The molecule has 13 heteroatoms. The van der Waals surface area contributed by atoms with Gasteiger partial charge in [-0.25, -0.2) is 13.8 Å². The highest BCUT2D eigenvalue weighted by Crippen LogP contribution is 2.23. The van der Waals surface area contributed by atoms with Crippen LogP contribution in [0.15, 0.2) is 35.4 Å². The number of nitriles is 1. The van der Waals surface area contributed by atoms with E-state index >= 15 is 0 Å². The third-order valence-corrected chi connectivity index (χ3v) is 4.67. The Kier molecular flexibility index (Phi) is 6.64. The van der Waals surface area contributed by atoms with E-state index in [4.69, 9.17) is 34.1 Å². The zero-order chi connectivity index (χ0) is 24.3. The monoisotopic (exact) mass is 471 g/mol. The zero-order valence-electron chi connectivity index (χ0n) is 17.1. The summed E-state index contributed by atoms with van der Waals surface area (Å²) in [5, 5.41) is 8.51. The lowest BCUT2D eigenvalue weighted by Crippen LogP contribution is -2.24. The van der Waals surface area contributed by atoms with Crippen LogP contribution in [0.3, 0.4) is 0 Å². The molecule has 0 saturated carbocycles. The first-order valence-electron chi connectivity index (χ1n) is 9.27. The molecule has 0 radical (unpaired) electrons. The molecule has 0 unspecified atom stereocenters. The van der Waals surface area contributed by atoms with Gasteiger partial charge in [0.1, 0.15) is 46.2 Å². The summed E-state index contributed by atoms with van der Waals surface area (Å²) in [6.45, 7) is 1.76. The van der Waals surface area contributed by atoms with Crippen LogP contribution in [0.4, 0.5) is 26.4 Å². The molecule has 3 aromatic heterocycles. The summed E-state index contributed by atoms with van der Waals surface area (Å²) in [5.41, 5.74) is 15.4. The lowest BCUT2D eigenvalue weighted by atomic mass is 10.2. The van der Waals surface area contributed by atoms with E-state index in [1.165, 1.54) is 16.8 Å². The minimum absolute atomic E-state index is 0.0116. The van der Waals surface area contributed by atoms with E-state index in [0.717, 1.165) is 18.3 Å². The summed E-state index contributed by atoms with van der Waals surface area (Å²) in [4.78, 5) is 27.7. The number of rotatable bonds is 2. The van der Waals surface area contributed by atoms with Crippen LogP contribution in [0.25, 0.3) is 16.6 Å². The Balaban J connectivity index is 0.000000235. The molecular formula is C20H16ClF2N9O. The van der Waals surface area contributed by atoms with E-state index in [1.54, 1.807) is 13.0 Å². The average Bonchev–Trinajstić information content (AvgIpc) is 2.76. The molecule has 168 valence electrons. The Hall–Kier alpha value is -4.37. The molecule has 0 spiro atoms. The molecule has 0 bridgehead atoms. The average molecular weight is 472 g/mol. The fraction of sp³-hybridized carbons (Fsp3) is 0.100. The number of pyridine rings is 1. The van der Waals surface area contributed by atoms with Crippen LogP contribution in [0.5, 0.6) is 0 Å². The summed E-state index contributed by atoms with van der Waals surface area (Å²) in [7, 11) is 0. The molecule has 0 fully saturated rings. The fourth-order valence-electron chi connectivity index (χ4n) is 2.92. The third kappa shape index (κ3) is 4.63. The summed E-state index contributed by atoms with van der Waals surface area (Å²) in [6.07, 6.45) is 2.72. The number of anilines is 3. The number of hydrogen-bond acceptors (Lipinski definition) is 9. The van der Waals surface area contributed by atoms with Crippen molar-refractivity contribution in [3.8, 4) is 11.8 Å². The molecule has 0 saturated heterocycles. The van der Waals surface area contributed by atoms with Crippen LogP contribution in [-0.4, -0.2) is 24.5 Å². The number of halogens is 3. The SMILES string of the molecule is CCc1nc2c(F)ccc(Cl)c2c(=O)n1-c1cncc(F)c1.N#Cc1c(N)nc(N)nc1N. The Labute approximate surface area is 190 Å². The van der Waals surface area contributed by atoms with Gasteiger partial charge in [0, 0.05) is 12.5 Å². The number of fused-ring (bicyclic) bond motifs is 1. The van der Waals surface area contributed by atoms with Crippen LogP contribution in [0.1, 0.15) is 18.3 Å². The van der Waals surface area contributed by atoms with Crippen LogP contribution in [0.2, 0.25) is 5.02 Å². The number of aryl methyl sites for hydroxylation is 1. The maximum atomic E-state index is 13.9. The zero-order valence-corrected chi connectivity index (χ0v) is 17.8. The first-order chi connectivity index (χ1) is 15.7. The van der Waals surface area contributed by atoms with Crippen molar-refractivity contribution in [3.63, 3.8) is 0 Å². The molecule has 6 N–H and O–H groups in total. The van der Waals surface area contributed by atoms with Crippen LogP contribution >= 0.6 is 11.6 Å². The van der Waals surface area contributed by atoms with Gasteiger partial charge < -0.3 is 17.2 Å². The van der Waals surface area contributed by atoms with Gasteiger partial charge in [-0.3, -0.25) is 14.3 Å². The van der Waals surface area contributed by atoms with Gasteiger partial charge >= 0.3 is 0 Å². The fourth-order valence-corrected chi connectivity index (χ4v) is 3.15. The van der Waals surface area contributed by atoms with Crippen molar-refractivity contribution in [2.24, 2.45) is 0 Å². The van der Waals surface area contributed by atoms with Gasteiger partial charge in [0.05, 0.1) is 28.5 Å². The minimum atomic E-state index is -0.629. The number of hydrogen-bond donors (Lipinski definition) is 3. The topological polar surface area (TPSA) is 175 Å². The number of nitrogens with zero attached hydrogens (tertiary/aromatic N) is 6. The second-order valence-electron chi connectivity index (χ2n) is 6.48. The molecule has 33 heavy (non-hydrogen) atoms. The molecular weight excluding hydrogens is 456 g/mol. The van der Waals surface area contributed by atoms with E-state index in [1.807, 2.05) is 0 Å². The van der Waals surface area contributed by atoms with Gasteiger partial charge in [-0.15, -0.1) is 0 Å². The van der Waals surface area contributed by atoms with Gasteiger partial charge in [0.25, 0.3) is 5.56 Å². The van der Waals surface area contributed by atoms with Crippen molar-refractivity contribution < 1.29 is 8.78 Å². The number of nitrogens with two attached hydrogens (primary N) is 3. The third-order valence-electron chi connectivity index (χ3n) is 4.35. The maximum absolute atomic E-state index is 13.9. The lowest BCUT2D eigenvalue weighted by Gasteiger charge is -2.13. The lowest BCUT2D eigenvalue weighted by molar-refractivity contribution is 0.618. The Morgan fingerprint density at radius 1 is 1.12 bits per heavy atom. The van der Waals surface area contributed by atoms with E-state index in [-0.39, 0.29) is 44.8 Å². The first kappa shape index (κ1) is 23.3. The molecule has 4 aromatic rings. The van der Waals surface area contributed by atoms with Crippen LogP contribution in [0, 0.1) is 23.0 Å². The molecule has 3 heterocycles. The Morgan fingerprint density at radius 3 is 2.36 bits per heavy atom. The molecule has 0 aliphatic heterocycles. The highest BCUT2D eigenvalue weighted by atomic mass is 35.5. The van der Waals surface area contributed by atoms with Gasteiger partial charge in [0.2, 0.25) is 5.95 Å². The van der Waals surface area contributed by atoms with Crippen molar-refractivity contribution in [3.05, 3.63) is 69.0 Å². The second kappa shape index (κ2) is 9.41. The molecule has 0 atom stereocenters. The Bertz CT molecular complexity index is 1440. The maximum Gasteiger partial charge on any atom is 0.267 e. The van der Waals surface area contributed by atoms with Crippen molar-refractivity contribution >= 4 is 40.1 Å². The number of benzene rings is 1. The van der Waals surface area contributed by atoms with Crippen molar-refractivity contribution in [1.29, 1.82) is 5.26 Å². The van der Waals surface area contributed by atoms with Gasteiger partial charge in [-0.05, 0) is 12.1 Å². The highest BCUT2D eigenvalue weighted by Gasteiger charge is 2.17. The normalized spacial score (nSPS) is 10.4. The minimum Gasteiger partial charge on any atom is -0.382 e. The molecule has 10 nitrogen and oxygen atoms in total. The first-order valence-corrected chi connectivity index (χ1v) is 9.64.